The van der Waals surface area contributed by atoms with Gasteiger partial charge in [0.2, 0.25) is 0 Å². The molecule has 1 aromatic heterocycles. The third-order valence-corrected chi connectivity index (χ3v) is 2.57. The molecule has 1 aromatic rings. The van der Waals surface area contributed by atoms with Crippen LogP contribution in [0, 0.1) is 11.7 Å². The van der Waals surface area contributed by atoms with Crippen LogP contribution in [-0.4, -0.2) is 10.4 Å². The third-order valence-electron chi connectivity index (χ3n) is 1.92. The molecule has 1 heterocycles. The van der Waals surface area contributed by atoms with Crippen LogP contribution >= 0.6 is 11.6 Å². The van der Waals surface area contributed by atoms with Gasteiger partial charge < -0.3 is 0 Å². The number of aromatic nitrogens is 1. The van der Waals surface area contributed by atoms with Crippen LogP contribution < -0.4 is 0 Å². The lowest BCUT2D eigenvalue weighted by atomic mass is 10.1. The highest BCUT2D eigenvalue weighted by molar-refractivity contribution is 6.20. The van der Waals surface area contributed by atoms with E-state index in [-0.39, 0.29) is 11.2 Å². The molecule has 0 aliphatic carbocycles. The summed E-state index contributed by atoms with van der Waals surface area (Å²) in [6.07, 6.45) is 1.92. The van der Waals surface area contributed by atoms with E-state index in [0.29, 0.717) is 12.3 Å². The zero-order valence-electron chi connectivity index (χ0n) is 7.80. The van der Waals surface area contributed by atoms with E-state index >= 15 is 0 Å². The minimum Gasteiger partial charge on any atom is -0.258 e. The van der Waals surface area contributed by atoms with Gasteiger partial charge in [0, 0.05) is 17.5 Å². The van der Waals surface area contributed by atoms with E-state index in [4.69, 9.17) is 11.6 Å². The van der Waals surface area contributed by atoms with Crippen molar-refractivity contribution >= 4 is 11.6 Å². The van der Waals surface area contributed by atoms with Gasteiger partial charge in [0.1, 0.15) is 5.82 Å². The van der Waals surface area contributed by atoms with Gasteiger partial charge in [0.15, 0.2) is 0 Å². The second kappa shape index (κ2) is 4.56. The maximum Gasteiger partial charge on any atom is 0.141 e. The number of rotatable bonds is 3. The molecule has 1 unspecified atom stereocenters. The Morgan fingerprint density at radius 1 is 1.46 bits per heavy atom. The van der Waals surface area contributed by atoms with Gasteiger partial charge in [-0.05, 0) is 18.1 Å². The number of hydrogen-bond donors (Lipinski definition) is 0. The van der Waals surface area contributed by atoms with Crippen molar-refractivity contribution in [1.29, 1.82) is 0 Å². The summed E-state index contributed by atoms with van der Waals surface area (Å²) in [5.41, 5.74) is 0.843. The number of alkyl halides is 1. The topological polar surface area (TPSA) is 12.9 Å². The van der Waals surface area contributed by atoms with Crippen LogP contribution in [0.15, 0.2) is 18.3 Å². The molecule has 0 bridgehead atoms. The average molecular weight is 202 g/mol. The SMILES string of the molecule is CC(C)C(Cl)Cc1ccc(F)cn1. The van der Waals surface area contributed by atoms with E-state index < -0.39 is 0 Å². The number of halogens is 2. The van der Waals surface area contributed by atoms with E-state index in [0.717, 1.165) is 5.69 Å². The predicted octanol–water partition coefficient (Wildman–Crippen LogP) is 3.03. The Balaban J connectivity index is 2.59. The standard InChI is InChI=1S/C10H13ClFN/c1-7(2)10(11)5-9-4-3-8(12)6-13-9/h3-4,6-7,10H,5H2,1-2H3. The molecule has 0 fully saturated rings. The summed E-state index contributed by atoms with van der Waals surface area (Å²) in [5.74, 6) is 0.105. The fraction of sp³-hybridized carbons (Fsp3) is 0.500. The lowest BCUT2D eigenvalue weighted by Gasteiger charge is -2.11. The van der Waals surface area contributed by atoms with Crippen LogP contribution in [0.3, 0.4) is 0 Å². The minimum atomic E-state index is -0.306. The van der Waals surface area contributed by atoms with Gasteiger partial charge in [-0.2, -0.15) is 0 Å². The fourth-order valence-corrected chi connectivity index (χ4v) is 1.12. The molecule has 0 saturated carbocycles. The van der Waals surface area contributed by atoms with Crippen LogP contribution in [0.1, 0.15) is 19.5 Å². The molecule has 0 spiro atoms. The van der Waals surface area contributed by atoms with Crippen molar-refractivity contribution in [3.8, 4) is 0 Å². The maximum absolute atomic E-state index is 12.5. The summed E-state index contributed by atoms with van der Waals surface area (Å²) >= 11 is 6.06. The first-order valence-electron chi connectivity index (χ1n) is 4.34. The first-order valence-corrected chi connectivity index (χ1v) is 4.77. The summed E-state index contributed by atoms with van der Waals surface area (Å²) in [6.45, 7) is 4.11. The Hall–Kier alpha value is -0.630. The lowest BCUT2D eigenvalue weighted by Crippen LogP contribution is -2.11. The maximum atomic E-state index is 12.5. The summed E-state index contributed by atoms with van der Waals surface area (Å²) < 4.78 is 12.5. The quantitative estimate of drug-likeness (QED) is 0.686. The van der Waals surface area contributed by atoms with E-state index in [1.165, 1.54) is 12.3 Å². The predicted molar refractivity (Wildman–Crippen MR) is 52.4 cm³/mol. The largest absolute Gasteiger partial charge is 0.258 e. The highest BCUT2D eigenvalue weighted by Crippen LogP contribution is 2.14. The van der Waals surface area contributed by atoms with Gasteiger partial charge in [-0.25, -0.2) is 4.39 Å². The Morgan fingerprint density at radius 3 is 2.62 bits per heavy atom. The van der Waals surface area contributed by atoms with Crippen LogP contribution in [-0.2, 0) is 6.42 Å². The van der Waals surface area contributed by atoms with Crippen molar-refractivity contribution < 1.29 is 4.39 Å². The van der Waals surface area contributed by atoms with Gasteiger partial charge in [-0.3, -0.25) is 4.98 Å². The second-order valence-corrected chi connectivity index (χ2v) is 3.99. The smallest absolute Gasteiger partial charge is 0.141 e. The van der Waals surface area contributed by atoms with Gasteiger partial charge >= 0.3 is 0 Å². The highest BCUT2D eigenvalue weighted by Gasteiger charge is 2.10. The highest BCUT2D eigenvalue weighted by atomic mass is 35.5. The van der Waals surface area contributed by atoms with Crippen molar-refractivity contribution in [2.75, 3.05) is 0 Å². The molecule has 1 rings (SSSR count). The summed E-state index contributed by atoms with van der Waals surface area (Å²) in [6, 6.07) is 3.08. The van der Waals surface area contributed by atoms with E-state index in [1.807, 2.05) is 0 Å². The molecule has 0 aliphatic rings. The normalized spacial score (nSPS) is 13.3. The third kappa shape index (κ3) is 3.31. The Morgan fingerprint density at radius 2 is 2.15 bits per heavy atom. The van der Waals surface area contributed by atoms with E-state index in [2.05, 4.69) is 18.8 Å². The second-order valence-electron chi connectivity index (χ2n) is 3.43. The summed E-state index contributed by atoms with van der Waals surface area (Å²) in [7, 11) is 0. The molecule has 13 heavy (non-hydrogen) atoms. The molecular formula is C10H13ClFN. The Kier molecular flexibility index (Phi) is 3.67. The van der Waals surface area contributed by atoms with E-state index in [1.54, 1.807) is 6.07 Å². The molecular weight excluding hydrogens is 189 g/mol. The van der Waals surface area contributed by atoms with E-state index in [9.17, 15) is 4.39 Å². The van der Waals surface area contributed by atoms with Gasteiger partial charge in [0.25, 0.3) is 0 Å². The van der Waals surface area contributed by atoms with Crippen LogP contribution in [0.25, 0.3) is 0 Å². The molecule has 1 nitrogen and oxygen atoms in total. The number of hydrogen-bond acceptors (Lipinski definition) is 1. The fourth-order valence-electron chi connectivity index (χ4n) is 0.963. The molecule has 0 aromatic carbocycles. The van der Waals surface area contributed by atoms with Crippen molar-refractivity contribution in [1.82, 2.24) is 4.98 Å². The number of nitrogens with zero attached hydrogens (tertiary/aromatic N) is 1. The molecule has 3 heteroatoms. The number of pyridine rings is 1. The van der Waals surface area contributed by atoms with Crippen molar-refractivity contribution in [3.05, 3.63) is 29.8 Å². The monoisotopic (exact) mass is 201 g/mol. The molecule has 0 amide bonds. The van der Waals surface area contributed by atoms with Gasteiger partial charge in [-0.1, -0.05) is 13.8 Å². The van der Waals surface area contributed by atoms with Crippen molar-refractivity contribution in [2.24, 2.45) is 5.92 Å². The first kappa shape index (κ1) is 10.5. The zero-order chi connectivity index (χ0) is 9.84. The first-order chi connectivity index (χ1) is 6.09. The summed E-state index contributed by atoms with van der Waals surface area (Å²) in [5, 5.41) is 0.0676. The molecule has 72 valence electrons. The van der Waals surface area contributed by atoms with Crippen LogP contribution in [0.5, 0.6) is 0 Å². The Bertz CT molecular complexity index is 258. The van der Waals surface area contributed by atoms with Crippen molar-refractivity contribution in [2.45, 2.75) is 25.6 Å². The minimum absolute atomic E-state index is 0.0676. The van der Waals surface area contributed by atoms with Gasteiger partial charge in [-0.15, -0.1) is 11.6 Å². The molecule has 0 N–H and O–H groups in total. The molecule has 0 radical (unpaired) electrons. The van der Waals surface area contributed by atoms with Crippen LogP contribution in [0.4, 0.5) is 4.39 Å². The van der Waals surface area contributed by atoms with Gasteiger partial charge in [0.05, 0.1) is 6.20 Å². The molecule has 0 aliphatic heterocycles. The molecule has 0 saturated heterocycles. The average Bonchev–Trinajstić information content (AvgIpc) is 2.08. The summed E-state index contributed by atoms with van der Waals surface area (Å²) in [4.78, 5) is 3.94. The Labute approximate surface area is 82.9 Å². The lowest BCUT2D eigenvalue weighted by molar-refractivity contribution is 0.585. The van der Waals surface area contributed by atoms with Crippen LogP contribution in [0.2, 0.25) is 0 Å². The zero-order valence-corrected chi connectivity index (χ0v) is 8.55. The van der Waals surface area contributed by atoms with Crippen molar-refractivity contribution in [3.63, 3.8) is 0 Å². The molecule has 1 atom stereocenters.